The number of hydrogen-bond donors (Lipinski definition) is 0. The number of rotatable bonds is 2. The van der Waals surface area contributed by atoms with Crippen LogP contribution in [0, 0.1) is 0 Å². The third kappa shape index (κ3) is 2.56. The van der Waals surface area contributed by atoms with Crippen molar-refractivity contribution >= 4 is 22.8 Å². The molecule has 0 radical (unpaired) electrons. The van der Waals surface area contributed by atoms with Crippen molar-refractivity contribution < 1.29 is 9.59 Å². The Morgan fingerprint density at radius 1 is 1.09 bits per heavy atom. The molecule has 1 fully saturated rings. The molecule has 3 rings (SSSR count). The minimum atomic E-state index is -0.295. The van der Waals surface area contributed by atoms with Crippen molar-refractivity contribution in [3.8, 4) is 0 Å². The first-order chi connectivity index (χ1) is 10.6. The number of benzene rings is 1. The Bertz CT molecular complexity index is 701. The number of carbonyl (C=O) groups excluding carboxylic acids is 2. The number of amides is 2. The molecule has 1 unspecified atom stereocenters. The van der Waals surface area contributed by atoms with Crippen molar-refractivity contribution in [1.82, 2.24) is 19.4 Å². The first-order valence-corrected chi connectivity index (χ1v) is 7.54. The van der Waals surface area contributed by atoms with Gasteiger partial charge in [-0.3, -0.25) is 9.59 Å². The van der Waals surface area contributed by atoms with Crippen LogP contribution in [0.2, 0.25) is 0 Å². The van der Waals surface area contributed by atoms with Crippen LogP contribution >= 0.6 is 0 Å². The second-order valence-electron chi connectivity index (χ2n) is 5.65. The lowest BCUT2D eigenvalue weighted by Gasteiger charge is -2.35. The summed E-state index contributed by atoms with van der Waals surface area (Å²) in [7, 11) is 0. The first kappa shape index (κ1) is 14.6. The molecule has 22 heavy (non-hydrogen) atoms. The van der Waals surface area contributed by atoms with Crippen LogP contribution in [-0.2, 0) is 9.59 Å². The van der Waals surface area contributed by atoms with E-state index in [-0.39, 0.29) is 17.9 Å². The Kier molecular flexibility index (Phi) is 3.83. The molecule has 1 atom stereocenters. The van der Waals surface area contributed by atoms with Gasteiger partial charge in [-0.2, -0.15) is 0 Å². The van der Waals surface area contributed by atoms with E-state index in [1.807, 2.05) is 40.7 Å². The molecule has 6 nitrogen and oxygen atoms in total. The maximum atomic E-state index is 12.7. The lowest BCUT2D eigenvalue weighted by Crippen LogP contribution is -2.51. The van der Waals surface area contributed by atoms with Crippen LogP contribution in [0.15, 0.2) is 30.6 Å². The van der Waals surface area contributed by atoms with Gasteiger partial charge in [-0.15, -0.1) is 0 Å². The monoisotopic (exact) mass is 300 g/mol. The topological polar surface area (TPSA) is 58.4 Å². The molecule has 1 aliphatic rings. The summed E-state index contributed by atoms with van der Waals surface area (Å²) in [5.74, 6) is 0.145. The summed E-state index contributed by atoms with van der Waals surface area (Å²) in [6.07, 6.45) is 1.72. The molecule has 1 aromatic heterocycles. The zero-order valence-electron chi connectivity index (χ0n) is 12.9. The molecule has 1 saturated heterocycles. The van der Waals surface area contributed by atoms with E-state index in [1.165, 1.54) is 0 Å². The van der Waals surface area contributed by atoms with Gasteiger partial charge in [-0.25, -0.2) is 4.98 Å². The molecule has 0 N–H and O–H groups in total. The number of nitrogens with zero attached hydrogens (tertiary/aromatic N) is 4. The van der Waals surface area contributed by atoms with Gasteiger partial charge in [0.1, 0.15) is 6.04 Å². The van der Waals surface area contributed by atoms with E-state index in [0.717, 1.165) is 11.0 Å². The van der Waals surface area contributed by atoms with Crippen molar-refractivity contribution in [2.24, 2.45) is 0 Å². The third-order valence-electron chi connectivity index (χ3n) is 4.29. The van der Waals surface area contributed by atoms with Crippen LogP contribution in [-0.4, -0.2) is 57.3 Å². The molecule has 116 valence electrons. The Morgan fingerprint density at radius 3 is 2.41 bits per heavy atom. The number of aromatic nitrogens is 2. The highest BCUT2D eigenvalue weighted by atomic mass is 16.2. The second-order valence-corrected chi connectivity index (χ2v) is 5.65. The summed E-state index contributed by atoms with van der Waals surface area (Å²) in [4.78, 5) is 32.0. The summed E-state index contributed by atoms with van der Waals surface area (Å²) < 4.78 is 1.91. The zero-order valence-corrected chi connectivity index (χ0v) is 12.9. The Hall–Kier alpha value is -2.37. The van der Waals surface area contributed by atoms with Crippen LogP contribution in [0.4, 0.5) is 0 Å². The van der Waals surface area contributed by atoms with E-state index in [0.29, 0.717) is 26.2 Å². The zero-order chi connectivity index (χ0) is 15.7. The molecular weight excluding hydrogens is 280 g/mol. The van der Waals surface area contributed by atoms with Gasteiger partial charge in [0.2, 0.25) is 11.8 Å². The van der Waals surface area contributed by atoms with Crippen molar-refractivity contribution in [2.75, 3.05) is 26.2 Å². The quantitative estimate of drug-likeness (QED) is 0.839. The highest BCUT2D eigenvalue weighted by molar-refractivity contribution is 5.84. The van der Waals surface area contributed by atoms with Crippen LogP contribution in [0.1, 0.15) is 19.9 Å². The molecule has 2 heterocycles. The lowest BCUT2D eigenvalue weighted by molar-refractivity contribution is -0.140. The van der Waals surface area contributed by atoms with Crippen LogP contribution < -0.4 is 0 Å². The van der Waals surface area contributed by atoms with Crippen molar-refractivity contribution in [1.29, 1.82) is 0 Å². The van der Waals surface area contributed by atoms with E-state index < -0.39 is 0 Å². The fourth-order valence-electron chi connectivity index (χ4n) is 2.91. The van der Waals surface area contributed by atoms with Crippen molar-refractivity contribution in [3.05, 3.63) is 30.6 Å². The van der Waals surface area contributed by atoms with Crippen molar-refractivity contribution in [2.45, 2.75) is 19.9 Å². The van der Waals surface area contributed by atoms with E-state index in [9.17, 15) is 9.59 Å². The third-order valence-corrected chi connectivity index (χ3v) is 4.29. The number of piperazine rings is 1. The molecule has 1 aliphatic heterocycles. The number of carbonyl (C=O) groups is 2. The lowest BCUT2D eigenvalue weighted by atomic mass is 10.2. The normalized spacial score (nSPS) is 16.8. The molecule has 0 saturated carbocycles. The Labute approximate surface area is 129 Å². The number of hydrogen-bond acceptors (Lipinski definition) is 3. The first-order valence-electron chi connectivity index (χ1n) is 7.54. The molecule has 1 aromatic carbocycles. The van der Waals surface area contributed by atoms with E-state index in [2.05, 4.69) is 4.98 Å². The van der Waals surface area contributed by atoms with Crippen LogP contribution in [0.5, 0.6) is 0 Å². The second kappa shape index (κ2) is 5.79. The summed E-state index contributed by atoms with van der Waals surface area (Å²) in [5, 5.41) is 0. The largest absolute Gasteiger partial charge is 0.339 e. The highest BCUT2D eigenvalue weighted by Gasteiger charge is 2.27. The predicted molar refractivity (Wildman–Crippen MR) is 83.3 cm³/mol. The fraction of sp³-hybridized carbons (Fsp3) is 0.438. The van der Waals surface area contributed by atoms with Gasteiger partial charge in [-0.1, -0.05) is 12.1 Å². The summed E-state index contributed by atoms with van der Waals surface area (Å²) in [6, 6.07) is 7.50. The van der Waals surface area contributed by atoms with Gasteiger partial charge >= 0.3 is 0 Å². The van der Waals surface area contributed by atoms with Crippen LogP contribution in [0.3, 0.4) is 0 Å². The number of para-hydroxylation sites is 2. The smallest absolute Gasteiger partial charge is 0.245 e. The van der Waals surface area contributed by atoms with Crippen LogP contribution in [0.25, 0.3) is 11.0 Å². The van der Waals surface area contributed by atoms with E-state index >= 15 is 0 Å². The fourth-order valence-corrected chi connectivity index (χ4v) is 2.91. The molecule has 6 heteroatoms. The summed E-state index contributed by atoms with van der Waals surface area (Å²) in [6.45, 7) is 5.87. The standard InChI is InChI=1S/C16H20N4O2/c1-12(20-11-17-14-5-3-4-6-15(14)20)16(22)19-9-7-18(8-10-19)13(2)21/h3-6,11-12H,7-10H2,1-2H3. The van der Waals surface area contributed by atoms with E-state index in [1.54, 1.807) is 18.2 Å². The predicted octanol–water partition coefficient (Wildman–Crippen LogP) is 1.29. The SMILES string of the molecule is CC(=O)N1CCN(C(=O)C(C)n2cnc3ccccc32)CC1. The van der Waals surface area contributed by atoms with Gasteiger partial charge in [0.05, 0.1) is 17.4 Å². The summed E-state index contributed by atoms with van der Waals surface area (Å²) >= 11 is 0. The average molecular weight is 300 g/mol. The Morgan fingerprint density at radius 2 is 1.73 bits per heavy atom. The molecule has 0 aliphatic carbocycles. The summed E-state index contributed by atoms with van der Waals surface area (Å²) in [5.41, 5.74) is 1.86. The minimum Gasteiger partial charge on any atom is -0.339 e. The molecule has 0 spiro atoms. The molecular formula is C16H20N4O2. The van der Waals surface area contributed by atoms with Gasteiger partial charge in [0, 0.05) is 33.1 Å². The Balaban J connectivity index is 1.74. The van der Waals surface area contributed by atoms with Gasteiger partial charge < -0.3 is 14.4 Å². The molecule has 0 bridgehead atoms. The molecule has 2 amide bonds. The molecule has 2 aromatic rings. The highest BCUT2D eigenvalue weighted by Crippen LogP contribution is 2.19. The van der Waals surface area contributed by atoms with Gasteiger partial charge in [-0.05, 0) is 19.1 Å². The number of fused-ring (bicyclic) bond motifs is 1. The van der Waals surface area contributed by atoms with Crippen molar-refractivity contribution in [3.63, 3.8) is 0 Å². The van der Waals surface area contributed by atoms with E-state index in [4.69, 9.17) is 0 Å². The maximum absolute atomic E-state index is 12.7. The average Bonchev–Trinajstić information content (AvgIpc) is 2.97. The maximum Gasteiger partial charge on any atom is 0.245 e. The van der Waals surface area contributed by atoms with Gasteiger partial charge in [0.15, 0.2) is 0 Å². The number of imidazole rings is 1. The minimum absolute atomic E-state index is 0.0701. The van der Waals surface area contributed by atoms with Gasteiger partial charge in [0.25, 0.3) is 0 Å².